The van der Waals surface area contributed by atoms with E-state index in [1.54, 1.807) is 12.1 Å². The zero-order chi connectivity index (χ0) is 14.0. The Kier molecular flexibility index (Phi) is 6.33. The summed E-state index contributed by atoms with van der Waals surface area (Å²) < 4.78 is 5.26. The van der Waals surface area contributed by atoms with Gasteiger partial charge in [-0.3, -0.25) is 4.79 Å². The fourth-order valence-electron chi connectivity index (χ4n) is 1.36. The lowest BCUT2D eigenvalue weighted by Crippen LogP contribution is -2.40. The molecule has 0 bridgehead atoms. The van der Waals surface area contributed by atoms with E-state index in [9.17, 15) is 4.79 Å². The number of esters is 1. The molecule has 0 spiro atoms. The third kappa shape index (κ3) is 5.39. The third-order valence-electron chi connectivity index (χ3n) is 2.60. The molecule has 0 aliphatic heterocycles. The standard InChI is InChI=1S/C14H20ClNO2.ClH/c1-13(2,3)12(17)18-9-14(4,16)10-6-5-7-11(15)8-10;/h5-8H,9,16H2,1-4H3;1H. The van der Waals surface area contributed by atoms with Gasteiger partial charge in [0.2, 0.25) is 0 Å². The van der Waals surface area contributed by atoms with E-state index < -0.39 is 11.0 Å². The number of hydrogen-bond donors (Lipinski definition) is 1. The number of carbonyl (C=O) groups excluding carboxylic acids is 1. The minimum atomic E-state index is -0.744. The molecule has 0 aliphatic carbocycles. The molecule has 1 unspecified atom stereocenters. The largest absolute Gasteiger partial charge is 0.463 e. The van der Waals surface area contributed by atoms with Crippen LogP contribution in [0.5, 0.6) is 0 Å². The SMILES string of the molecule is CC(C)(C)C(=O)OCC(C)(N)c1cccc(Cl)c1.Cl. The van der Waals surface area contributed by atoms with Crippen LogP contribution in [0.4, 0.5) is 0 Å². The first-order chi connectivity index (χ1) is 8.13. The summed E-state index contributed by atoms with van der Waals surface area (Å²) in [6.45, 7) is 7.37. The number of benzene rings is 1. The normalized spacial score (nSPS) is 14.2. The maximum atomic E-state index is 11.7. The summed E-state index contributed by atoms with van der Waals surface area (Å²) in [5.41, 5.74) is 5.74. The van der Waals surface area contributed by atoms with Crippen molar-refractivity contribution < 1.29 is 9.53 Å². The molecule has 0 radical (unpaired) electrons. The summed E-state index contributed by atoms with van der Waals surface area (Å²) in [4.78, 5) is 11.7. The Labute approximate surface area is 125 Å². The van der Waals surface area contributed by atoms with E-state index in [0.29, 0.717) is 5.02 Å². The Morgan fingerprint density at radius 1 is 1.32 bits per heavy atom. The number of hydrogen-bond acceptors (Lipinski definition) is 3. The summed E-state index contributed by atoms with van der Waals surface area (Å²) in [6, 6.07) is 7.26. The minimum Gasteiger partial charge on any atom is -0.463 e. The van der Waals surface area contributed by atoms with Gasteiger partial charge in [0.1, 0.15) is 6.61 Å². The van der Waals surface area contributed by atoms with Gasteiger partial charge in [-0.1, -0.05) is 23.7 Å². The molecule has 0 saturated heterocycles. The van der Waals surface area contributed by atoms with Gasteiger partial charge in [-0.25, -0.2) is 0 Å². The first-order valence-electron chi connectivity index (χ1n) is 5.85. The first-order valence-corrected chi connectivity index (χ1v) is 6.23. The van der Waals surface area contributed by atoms with Crippen LogP contribution >= 0.6 is 24.0 Å². The van der Waals surface area contributed by atoms with Crippen LogP contribution in [0.15, 0.2) is 24.3 Å². The van der Waals surface area contributed by atoms with Gasteiger partial charge in [0.15, 0.2) is 0 Å². The number of carbonyl (C=O) groups is 1. The van der Waals surface area contributed by atoms with E-state index in [0.717, 1.165) is 5.56 Å². The van der Waals surface area contributed by atoms with Gasteiger partial charge in [-0.2, -0.15) is 0 Å². The second-order valence-corrected chi connectivity index (χ2v) is 6.19. The molecule has 1 aromatic rings. The molecule has 0 amide bonds. The topological polar surface area (TPSA) is 52.3 Å². The molecule has 2 N–H and O–H groups in total. The van der Waals surface area contributed by atoms with Crippen LogP contribution in [-0.2, 0) is 15.1 Å². The molecule has 1 aromatic carbocycles. The molecule has 108 valence electrons. The Bertz CT molecular complexity index is 439. The van der Waals surface area contributed by atoms with E-state index in [1.165, 1.54) is 0 Å². The van der Waals surface area contributed by atoms with Gasteiger partial charge in [0.25, 0.3) is 0 Å². The number of nitrogens with two attached hydrogens (primary N) is 1. The number of ether oxygens (including phenoxy) is 1. The van der Waals surface area contributed by atoms with E-state index in [-0.39, 0.29) is 25.0 Å². The van der Waals surface area contributed by atoms with Crippen molar-refractivity contribution in [2.75, 3.05) is 6.61 Å². The highest BCUT2D eigenvalue weighted by atomic mass is 35.5. The average Bonchev–Trinajstić information content (AvgIpc) is 2.24. The predicted octanol–water partition coefficient (Wildman–Crippen LogP) is 3.53. The molecule has 1 rings (SSSR count). The van der Waals surface area contributed by atoms with Crippen molar-refractivity contribution in [2.45, 2.75) is 33.2 Å². The van der Waals surface area contributed by atoms with E-state index in [2.05, 4.69) is 0 Å². The zero-order valence-corrected chi connectivity index (χ0v) is 13.3. The monoisotopic (exact) mass is 305 g/mol. The van der Waals surface area contributed by atoms with Gasteiger partial charge < -0.3 is 10.5 Å². The molecular weight excluding hydrogens is 285 g/mol. The summed E-state index contributed by atoms with van der Waals surface area (Å²) >= 11 is 5.92. The maximum absolute atomic E-state index is 11.7. The smallest absolute Gasteiger partial charge is 0.311 e. The van der Waals surface area contributed by atoms with Crippen molar-refractivity contribution in [2.24, 2.45) is 11.1 Å². The van der Waals surface area contributed by atoms with Crippen LogP contribution in [0.25, 0.3) is 0 Å². The van der Waals surface area contributed by atoms with Crippen LogP contribution in [0.2, 0.25) is 5.02 Å². The summed E-state index contributed by atoms with van der Waals surface area (Å²) in [5.74, 6) is -0.263. The highest BCUT2D eigenvalue weighted by Gasteiger charge is 2.28. The minimum absolute atomic E-state index is 0. The van der Waals surface area contributed by atoms with Crippen molar-refractivity contribution in [3.05, 3.63) is 34.9 Å². The highest BCUT2D eigenvalue weighted by Crippen LogP contribution is 2.23. The Morgan fingerprint density at radius 3 is 2.37 bits per heavy atom. The molecule has 0 saturated carbocycles. The van der Waals surface area contributed by atoms with Crippen molar-refractivity contribution in [1.82, 2.24) is 0 Å². The van der Waals surface area contributed by atoms with Gasteiger partial charge in [0, 0.05) is 5.02 Å². The van der Waals surface area contributed by atoms with Crippen LogP contribution < -0.4 is 5.73 Å². The fraction of sp³-hybridized carbons (Fsp3) is 0.500. The molecule has 0 heterocycles. The lowest BCUT2D eigenvalue weighted by Gasteiger charge is -2.27. The van der Waals surface area contributed by atoms with Gasteiger partial charge in [-0.05, 0) is 45.4 Å². The van der Waals surface area contributed by atoms with Gasteiger partial charge in [-0.15, -0.1) is 12.4 Å². The highest BCUT2D eigenvalue weighted by molar-refractivity contribution is 6.30. The van der Waals surface area contributed by atoms with Crippen molar-refractivity contribution in [1.29, 1.82) is 0 Å². The molecule has 0 aromatic heterocycles. The molecule has 19 heavy (non-hydrogen) atoms. The van der Waals surface area contributed by atoms with Crippen LogP contribution in [0, 0.1) is 5.41 Å². The molecule has 0 aliphatic rings. The first kappa shape index (κ1) is 18.2. The lowest BCUT2D eigenvalue weighted by atomic mass is 9.93. The van der Waals surface area contributed by atoms with Crippen molar-refractivity contribution in [3.8, 4) is 0 Å². The molecule has 0 fully saturated rings. The molecule has 3 nitrogen and oxygen atoms in total. The van der Waals surface area contributed by atoms with Crippen LogP contribution in [0.1, 0.15) is 33.3 Å². The third-order valence-corrected chi connectivity index (χ3v) is 2.83. The number of rotatable bonds is 3. The second kappa shape index (κ2) is 6.60. The predicted molar refractivity (Wildman–Crippen MR) is 80.7 cm³/mol. The Morgan fingerprint density at radius 2 is 1.89 bits per heavy atom. The molecule has 1 atom stereocenters. The Hall–Kier alpha value is -0.770. The summed E-state index contributed by atoms with van der Waals surface area (Å²) in [6.07, 6.45) is 0. The lowest BCUT2D eigenvalue weighted by molar-refractivity contribution is -0.154. The fourth-order valence-corrected chi connectivity index (χ4v) is 1.55. The van der Waals surface area contributed by atoms with Crippen LogP contribution in [-0.4, -0.2) is 12.6 Å². The maximum Gasteiger partial charge on any atom is 0.311 e. The van der Waals surface area contributed by atoms with Gasteiger partial charge >= 0.3 is 5.97 Å². The van der Waals surface area contributed by atoms with Crippen molar-refractivity contribution >= 4 is 30.0 Å². The quantitative estimate of drug-likeness (QED) is 0.869. The van der Waals surface area contributed by atoms with Crippen LogP contribution in [0.3, 0.4) is 0 Å². The van der Waals surface area contributed by atoms with E-state index >= 15 is 0 Å². The summed E-state index contributed by atoms with van der Waals surface area (Å²) in [7, 11) is 0. The average molecular weight is 306 g/mol. The number of halogens is 2. The van der Waals surface area contributed by atoms with Crippen molar-refractivity contribution in [3.63, 3.8) is 0 Å². The van der Waals surface area contributed by atoms with Gasteiger partial charge in [0.05, 0.1) is 11.0 Å². The van der Waals surface area contributed by atoms with E-state index in [1.807, 2.05) is 39.8 Å². The molecule has 5 heteroatoms. The second-order valence-electron chi connectivity index (χ2n) is 5.75. The van der Waals surface area contributed by atoms with E-state index in [4.69, 9.17) is 22.1 Å². The molecular formula is C14H21Cl2NO2. The summed E-state index contributed by atoms with van der Waals surface area (Å²) in [5, 5.41) is 0.617. The Balaban J connectivity index is 0.00000324. The zero-order valence-electron chi connectivity index (χ0n) is 11.7.